The highest BCUT2D eigenvalue weighted by Crippen LogP contribution is 2.60. The fourth-order valence-electron chi connectivity index (χ4n) is 1.91. The van der Waals surface area contributed by atoms with Crippen LogP contribution in [0.3, 0.4) is 0 Å². The summed E-state index contributed by atoms with van der Waals surface area (Å²) < 4.78 is 12.9. The molecule has 1 aromatic carbocycles. The van der Waals surface area contributed by atoms with E-state index in [4.69, 9.17) is 5.73 Å². The van der Waals surface area contributed by atoms with Gasteiger partial charge in [0.2, 0.25) is 0 Å². The Morgan fingerprint density at radius 1 is 1.38 bits per heavy atom. The molecule has 0 spiro atoms. The second-order valence-electron chi connectivity index (χ2n) is 4.54. The molecule has 0 aromatic heterocycles. The van der Waals surface area contributed by atoms with Crippen LogP contribution in [0.15, 0.2) is 24.3 Å². The van der Waals surface area contributed by atoms with E-state index in [9.17, 15) is 4.39 Å². The lowest BCUT2D eigenvalue weighted by Gasteiger charge is -2.15. The van der Waals surface area contributed by atoms with E-state index in [1.165, 1.54) is 12.1 Å². The van der Waals surface area contributed by atoms with Crippen LogP contribution < -0.4 is 5.73 Å². The summed E-state index contributed by atoms with van der Waals surface area (Å²) in [5.41, 5.74) is 6.86. The summed E-state index contributed by atoms with van der Waals surface area (Å²) in [5, 5.41) is 0. The van der Waals surface area contributed by atoms with Gasteiger partial charge in [0, 0.05) is 5.54 Å². The van der Waals surface area contributed by atoms with Gasteiger partial charge >= 0.3 is 0 Å². The van der Waals surface area contributed by atoms with Gasteiger partial charge < -0.3 is 5.73 Å². The molecule has 2 rings (SSSR count). The van der Waals surface area contributed by atoms with Crippen molar-refractivity contribution in [3.8, 4) is 0 Å². The molecule has 0 heterocycles. The van der Waals surface area contributed by atoms with Crippen LogP contribution in [0.4, 0.5) is 4.39 Å². The summed E-state index contributed by atoms with van der Waals surface area (Å²) in [6.45, 7) is 4.22. The molecule has 1 atom stereocenters. The van der Waals surface area contributed by atoms with E-state index < -0.39 is 0 Å². The van der Waals surface area contributed by atoms with Crippen LogP contribution >= 0.6 is 0 Å². The number of halogens is 1. The molecule has 0 aliphatic heterocycles. The summed E-state index contributed by atoms with van der Waals surface area (Å²) >= 11 is 0. The van der Waals surface area contributed by atoms with Crippen LogP contribution in [0.25, 0.3) is 0 Å². The highest BCUT2D eigenvalue weighted by molar-refractivity contribution is 5.35. The zero-order chi connectivity index (χ0) is 9.69. The first-order chi connectivity index (χ1) is 5.96. The van der Waals surface area contributed by atoms with E-state index in [1.807, 2.05) is 6.07 Å². The SMILES string of the molecule is CC1(C)CC1(N)c1cccc(F)c1. The van der Waals surface area contributed by atoms with E-state index >= 15 is 0 Å². The van der Waals surface area contributed by atoms with Crippen molar-refractivity contribution < 1.29 is 4.39 Å². The Bertz CT molecular complexity index is 346. The Hall–Kier alpha value is -0.890. The van der Waals surface area contributed by atoms with E-state index in [-0.39, 0.29) is 16.8 Å². The number of rotatable bonds is 1. The minimum absolute atomic E-state index is 0.112. The van der Waals surface area contributed by atoms with Crippen molar-refractivity contribution in [1.82, 2.24) is 0 Å². The molecule has 1 unspecified atom stereocenters. The fourth-order valence-corrected chi connectivity index (χ4v) is 1.91. The number of benzene rings is 1. The average Bonchev–Trinajstić information content (AvgIpc) is 2.53. The maximum atomic E-state index is 12.9. The van der Waals surface area contributed by atoms with Crippen LogP contribution in [0, 0.1) is 11.2 Å². The van der Waals surface area contributed by atoms with Crippen LogP contribution in [0.5, 0.6) is 0 Å². The van der Waals surface area contributed by atoms with Crippen molar-refractivity contribution in [2.75, 3.05) is 0 Å². The monoisotopic (exact) mass is 179 g/mol. The minimum atomic E-state index is -0.310. The van der Waals surface area contributed by atoms with E-state index in [0.29, 0.717) is 0 Å². The Labute approximate surface area is 77.8 Å². The first kappa shape index (κ1) is 8.70. The second-order valence-corrected chi connectivity index (χ2v) is 4.54. The maximum absolute atomic E-state index is 12.9. The summed E-state index contributed by atoms with van der Waals surface area (Å²) in [5.74, 6) is -0.204. The highest BCUT2D eigenvalue weighted by Gasteiger charge is 2.59. The lowest BCUT2D eigenvalue weighted by Crippen LogP contribution is -2.25. The van der Waals surface area contributed by atoms with Crippen LogP contribution in [-0.2, 0) is 5.54 Å². The minimum Gasteiger partial charge on any atom is -0.321 e. The second kappa shape index (κ2) is 2.32. The Balaban J connectivity index is 2.38. The van der Waals surface area contributed by atoms with E-state index in [2.05, 4.69) is 13.8 Å². The molecule has 0 bridgehead atoms. The average molecular weight is 179 g/mol. The van der Waals surface area contributed by atoms with Crippen molar-refractivity contribution >= 4 is 0 Å². The molecule has 1 saturated carbocycles. The third-order valence-electron chi connectivity index (χ3n) is 3.14. The third kappa shape index (κ3) is 1.17. The number of nitrogens with two attached hydrogens (primary N) is 1. The van der Waals surface area contributed by atoms with Crippen LogP contribution in [-0.4, -0.2) is 0 Å². The van der Waals surface area contributed by atoms with Gasteiger partial charge in [-0.2, -0.15) is 0 Å². The lowest BCUT2D eigenvalue weighted by molar-refractivity contribution is 0.506. The van der Waals surface area contributed by atoms with Crippen molar-refractivity contribution in [2.45, 2.75) is 25.8 Å². The van der Waals surface area contributed by atoms with Crippen molar-refractivity contribution in [3.05, 3.63) is 35.6 Å². The molecule has 2 N–H and O–H groups in total. The van der Waals surface area contributed by atoms with Gasteiger partial charge in [-0.3, -0.25) is 0 Å². The molecule has 0 amide bonds. The lowest BCUT2D eigenvalue weighted by atomic mass is 9.97. The van der Waals surface area contributed by atoms with Crippen LogP contribution in [0.2, 0.25) is 0 Å². The van der Waals surface area contributed by atoms with Gasteiger partial charge in [-0.1, -0.05) is 26.0 Å². The van der Waals surface area contributed by atoms with E-state index in [0.717, 1.165) is 12.0 Å². The van der Waals surface area contributed by atoms with Gasteiger partial charge in [0.05, 0.1) is 0 Å². The molecular weight excluding hydrogens is 165 g/mol. The largest absolute Gasteiger partial charge is 0.321 e. The quantitative estimate of drug-likeness (QED) is 0.704. The standard InChI is InChI=1S/C11H14FN/c1-10(2)7-11(10,13)8-4-3-5-9(12)6-8/h3-6H,7,13H2,1-2H3. The zero-order valence-electron chi connectivity index (χ0n) is 7.97. The first-order valence-corrected chi connectivity index (χ1v) is 4.51. The van der Waals surface area contributed by atoms with Crippen LogP contribution in [0.1, 0.15) is 25.8 Å². The fraction of sp³-hybridized carbons (Fsp3) is 0.455. The predicted molar refractivity (Wildman–Crippen MR) is 50.7 cm³/mol. The van der Waals surface area contributed by atoms with Gasteiger partial charge in [0.15, 0.2) is 0 Å². The molecule has 1 nitrogen and oxygen atoms in total. The van der Waals surface area contributed by atoms with Gasteiger partial charge in [0.25, 0.3) is 0 Å². The topological polar surface area (TPSA) is 26.0 Å². The Morgan fingerprint density at radius 3 is 2.46 bits per heavy atom. The highest BCUT2D eigenvalue weighted by atomic mass is 19.1. The van der Waals surface area contributed by atoms with Gasteiger partial charge in [-0.25, -0.2) is 4.39 Å². The van der Waals surface area contributed by atoms with Gasteiger partial charge in [0.1, 0.15) is 5.82 Å². The van der Waals surface area contributed by atoms with Crippen molar-refractivity contribution in [2.24, 2.45) is 11.1 Å². The maximum Gasteiger partial charge on any atom is 0.123 e. The summed E-state index contributed by atoms with van der Waals surface area (Å²) in [6, 6.07) is 6.60. The zero-order valence-corrected chi connectivity index (χ0v) is 7.97. The summed E-state index contributed by atoms with van der Waals surface area (Å²) in [4.78, 5) is 0. The van der Waals surface area contributed by atoms with E-state index in [1.54, 1.807) is 6.07 Å². The summed E-state index contributed by atoms with van der Waals surface area (Å²) in [6.07, 6.45) is 0.934. The molecule has 1 fully saturated rings. The molecule has 2 heteroatoms. The molecule has 0 saturated heterocycles. The molecule has 1 aliphatic rings. The predicted octanol–water partition coefficient (Wildman–Crippen LogP) is 2.41. The molecule has 1 aromatic rings. The molecule has 70 valence electrons. The smallest absolute Gasteiger partial charge is 0.123 e. The molecule has 1 aliphatic carbocycles. The van der Waals surface area contributed by atoms with Gasteiger partial charge in [-0.05, 0) is 29.5 Å². The van der Waals surface area contributed by atoms with Crippen molar-refractivity contribution in [1.29, 1.82) is 0 Å². The molecule has 0 radical (unpaired) electrons. The number of hydrogen-bond acceptors (Lipinski definition) is 1. The Kier molecular flexibility index (Phi) is 1.55. The summed E-state index contributed by atoms with van der Waals surface area (Å²) in [7, 11) is 0. The van der Waals surface area contributed by atoms with Gasteiger partial charge in [-0.15, -0.1) is 0 Å². The first-order valence-electron chi connectivity index (χ1n) is 4.51. The molecule has 13 heavy (non-hydrogen) atoms. The third-order valence-corrected chi connectivity index (χ3v) is 3.14. The normalized spacial score (nSPS) is 30.2. The molecular formula is C11H14FN. The Morgan fingerprint density at radius 2 is 2.00 bits per heavy atom. The number of hydrogen-bond donors (Lipinski definition) is 1. The van der Waals surface area contributed by atoms with Crippen molar-refractivity contribution in [3.63, 3.8) is 0 Å².